The molecule has 160 valence electrons. The van der Waals surface area contributed by atoms with Crippen LogP contribution >= 0.6 is 11.3 Å². The van der Waals surface area contributed by atoms with Crippen LogP contribution < -0.4 is 16.0 Å². The summed E-state index contributed by atoms with van der Waals surface area (Å²) in [5.74, 6) is 0.765. The van der Waals surface area contributed by atoms with Gasteiger partial charge >= 0.3 is 0 Å². The molecule has 1 aromatic carbocycles. The van der Waals surface area contributed by atoms with E-state index in [1.54, 1.807) is 17.5 Å². The molecular weight excluding hydrogens is 404 g/mol. The average Bonchev–Trinajstić information content (AvgIpc) is 3.49. The third-order valence-corrected chi connectivity index (χ3v) is 7.85. The van der Waals surface area contributed by atoms with E-state index >= 15 is 0 Å². The molecule has 5 nitrogen and oxygen atoms in total. The van der Waals surface area contributed by atoms with Crippen molar-refractivity contribution in [2.75, 3.05) is 29.0 Å². The molecule has 3 aromatic rings. The second-order valence-corrected chi connectivity index (χ2v) is 9.78. The van der Waals surface area contributed by atoms with Gasteiger partial charge in [-0.1, -0.05) is 25.0 Å². The Kier molecular flexibility index (Phi) is 5.40. The number of piperidine rings is 1. The van der Waals surface area contributed by atoms with Gasteiger partial charge in [0.25, 0.3) is 5.91 Å². The number of carbonyl (C=O) groups is 1. The molecule has 6 heteroatoms. The van der Waals surface area contributed by atoms with Crippen molar-refractivity contribution in [1.29, 1.82) is 0 Å². The summed E-state index contributed by atoms with van der Waals surface area (Å²) in [6.45, 7) is 2.12. The van der Waals surface area contributed by atoms with E-state index in [1.165, 1.54) is 38.5 Å². The second-order valence-electron chi connectivity index (χ2n) is 8.83. The van der Waals surface area contributed by atoms with Gasteiger partial charge < -0.3 is 16.0 Å². The number of pyridine rings is 1. The largest absolute Gasteiger partial charge is 0.397 e. The van der Waals surface area contributed by atoms with Crippen LogP contribution in [-0.2, 0) is 0 Å². The van der Waals surface area contributed by atoms with Crippen LogP contribution in [0.15, 0.2) is 54.0 Å². The van der Waals surface area contributed by atoms with Gasteiger partial charge in [0, 0.05) is 24.2 Å². The van der Waals surface area contributed by atoms with Gasteiger partial charge in [0.05, 0.1) is 16.9 Å². The second kappa shape index (κ2) is 8.35. The first-order valence-corrected chi connectivity index (χ1v) is 12.0. The van der Waals surface area contributed by atoms with E-state index in [0.29, 0.717) is 22.4 Å². The van der Waals surface area contributed by atoms with Gasteiger partial charge in [0.15, 0.2) is 0 Å². The molecule has 1 amide bonds. The normalized spacial score (nSPS) is 17.7. The highest BCUT2D eigenvalue weighted by Gasteiger charge is 2.37. The van der Waals surface area contributed by atoms with Crippen LogP contribution in [0.5, 0.6) is 0 Å². The average molecular weight is 433 g/mol. The minimum Gasteiger partial charge on any atom is -0.397 e. The molecule has 3 N–H and O–H groups in total. The van der Waals surface area contributed by atoms with Crippen LogP contribution in [0.3, 0.4) is 0 Å². The highest BCUT2D eigenvalue weighted by atomic mass is 32.1. The van der Waals surface area contributed by atoms with Crippen LogP contribution in [0.4, 0.5) is 17.2 Å². The molecule has 0 atom stereocenters. The van der Waals surface area contributed by atoms with E-state index in [1.807, 2.05) is 41.8 Å². The molecule has 0 radical (unpaired) electrons. The topological polar surface area (TPSA) is 71.2 Å². The van der Waals surface area contributed by atoms with E-state index in [0.717, 1.165) is 29.3 Å². The van der Waals surface area contributed by atoms with E-state index in [-0.39, 0.29) is 5.91 Å². The number of benzene rings is 1. The van der Waals surface area contributed by atoms with Crippen molar-refractivity contribution in [3.63, 3.8) is 0 Å². The SMILES string of the molecule is Nc1ccc(-c2cccs2)cc1NC(=O)c1ccc(N2CCC3(CCCC3)CC2)nc1. The lowest BCUT2D eigenvalue weighted by molar-refractivity contribution is 0.102. The number of carbonyl (C=O) groups excluding carboxylic acids is 1. The minimum atomic E-state index is -0.197. The van der Waals surface area contributed by atoms with Crippen LogP contribution in [0, 0.1) is 5.41 Å². The number of nitrogens with two attached hydrogens (primary N) is 1. The van der Waals surface area contributed by atoms with Crippen molar-refractivity contribution in [3.05, 3.63) is 59.6 Å². The Balaban J connectivity index is 1.25. The van der Waals surface area contributed by atoms with Crippen LogP contribution in [0.25, 0.3) is 10.4 Å². The zero-order chi connectivity index (χ0) is 21.3. The molecule has 2 aromatic heterocycles. The zero-order valence-corrected chi connectivity index (χ0v) is 18.5. The Hall–Kier alpha value is -2.86. The van der Waals surface area contributed by atoms with Gasteiger partial charge in [-0.15, -0.1) is 11.3 Å². The fourth-order valence-corrected chi connectivity index (χ4v) is 5.72. The van der Waals surface area contributed by atoms with Crippen LogP contribution in [0.2, 0.25) is 0 Å². The summed E-state index contributed by atoms with van der Waals surface area (Å²) < 4.78 is 0. The van der Waals surface area contributed by atoms with Crippen LogP contribution in [-0.4, -0.2) is 24.0 Å². The maximum absolute atomic E-state index is 12.8. The number of nitrogen functional groups attached to an aromatic ring is 1. The number of hydrogen-bond donors (Lipinski definition) is 2. The Morgan fingerprint density at radius 3 is 2.55 bits per heavy atom. The van der Waals surface area contributed by atoms with Crippen molar-refractivity contribution in [3.8, 4) is 10.4 Å². The lowest BCUT2D eigenvalue weighted by atomic mass is 9.77. The van der Waals surface area contributed by atoms with Crippen molar-refractivity contribution >= 4 is 34.4 Å². The third kappa shape index (κ3) is 4.17. The summed E-state index contributed by atoms with van der Waals surface area (Å²) in [5.41, 5.74) is 9.45. The smallest absolute Gasteiger partial charge is 0.257 e. The molecule has 1 aliphatic heterocycles. The lowest BCUT2D eigenvalue weighted by Gasteiger charge is -2.40. The zero-order valence-electron chi connectivity index (χ0n) is 17.6. The number of hydrogen-bond acceptors (Lipinski definition) is 5. The van der Waals surface area contributed by atoms with Gasteiger partial charge in [-0.25, -0.2) is 4.98 Å². The summed E-state index contributed by atoms with van der Waals surface area (Å²) in [6, 6.07) is 13.6. The first-order valence-electron chi connectivity index (χ1n) is 11.1. The van der Waals surface area contributed by atoms with Crippen molar-refractivity contribution in [2.24, 2.45) is 5.41 Å². The molecule has 1 aliphatic carbocycles. The predicted octanol–water partition coefficient (Wildman–Crippen LogP) is 5.81. The first kappa shape index (κ1) is 20.1. The molecule has 1 saturated carbocycles. The first-order chi connectivity index (χ1) is 15.1. The number of thiophene rings is 1. The number of aromatic nitrogens is 1. The van der Waals surface area contributed by atoms with Crippen molar-refractivity contribution in [2.45, 2.75) is 38.5 Å². The van der Waals surface area contributed by atoms with E-state index in [9.17, 15) is 4.79 Å². The Bertz CT molecular complexity index is 1050. The summed E-state index contributed by atoms with van der Waals surface area (Å²) in [7, 11) is 0. The van der Waals surface area contributed by atoms with Gasteiger partial charge in [-0.2, -0.15) is 0 Å². The molecule has 0 unspecified atom stereocenters. The minimum absolute atomic E-state index is 0.197. The molecule has 1 saturated heterocycles. The number of nitrogens with zero attached hydrogens (tertiary/aromatic N) is 2. The molecule has 2 fully saturated rings. The fourth-order valence-electron chi connectivity index (χ4n) is 5.00. The Morgan fingerprint density at radius 1 is 1.06 bits per heavy atom. The molecule has 2 aliphatic rings. The standard InChI is InChI=1S/C25H28N4OS/c26-20-7-5-18(22-4-3-15-31-22)16-21(20)28-24(30)19-6-8-23(27-17-19)29-13-11-25(12-14-29)9-1-2-10-25/h3-8,15-17H,1-2,9-14,26H2,(H,28,30). The summed E-state index contributed by atoms with van der Waals surface area (Å²) in [6.07, 6.45) is 9.76. The molecule has 0 bridgehead atoms. The maximum Gasteiger partial charge on any atom is 0.257 e. The van der Waals surface area contributed by atoms with Crippen LogP contribution in [0.1, 0.15) is 48.9 Å². The maximum atomic E-state index is 12.8. The molecule has 3 heterocycles. The van der Waals surface area contributed by atoms with Crippen molar-refractivity contribution < 1.29 is 4.79 Å². The summed E-state index contributed by atoms with van der Waals surface area (Å²) in [4.78, 5) is 20.9. The highest BCUT2D eigenvalue weighted by molar-refractivity contribution is 7.13. The van der Waals surface area contributed by atoms with Gasteiger partial charge in [0.2, 0.25) is 0 Å². The molecule has 31 heavy (non-hydrogen) atoms. The highest BCUT2D eigenvalue weighted by Crippen LogP contribution is 2.46. The van der Waals surface area contributed by atoms with Gasteiger partial charge in [-0.05, 0) is 72.4 Å². The predicted molar refractivity (Wildman–Crippen MR) is 129 cm³/mol. The van der Waals surface area contributed by atoms with Crippen molar-refractivity contribution in [1.82, 2.24) is 4.98 Å². The summed E-state index contributed by atoms with van der Waals surface area (Å²) >= 11 is 1.66. The monoisotopic (exact) mass is 432 g/mol. The van der Waals surface area contributed by atoms with E-state index < -0.39 is 0 Å². The molecule has 5 rings (SSSR count). The van der Waals surface area contributed by atoms with Gasteiger partial charge in [0.1, 0.15) is 5.82 Å². The number of nitrogens with one attached hydrogen (secondary N) is 1. The number of amides is 1. The molecular formula is C25H28N4OS. The fraction of sp³-hybridized carbons (Fsp3) is 0.360. The lowest BCUT2D eigenvalue weighted by Crippen LogP contribution is -2.39. The quantitative estimate of drug-likeness (QED) is 0.511. The van der Waals surface area contributed by atoms with E-state index in [2.05, 4.69) is 21.3 Å². The Morgan fingerprint density at radius 2 is 1.87 bits per heavy atom. The summed E-state index contributed by atoms with van der Waals surface area (Å²) in [5, 5.41) is 4.98. The Labute approximate surface area is 187 Å². The number of rotatable bonds is 4. The van der Waals surface area contributed by atoms with E-state index in [4.69, 9.17) is 5.73 Å². The van der Waals surface area contributed by atoms with Gasteiger partial charge in [-0.3, -0.25) is 4.79 Å². The molecule has 1 spiro atoms. The number of anilines is 3. The third-order valence-electron chi connectivity index (χ3n) is 6.93.